The van der Waals surface area contributed by atoms with Gasteiger partial charge >= 0.3 is 0 Å². The number of nitrogens with one attached hydrogen (secondary N) is 2. The van der Waals surface area contributed by atoms with Gasteiger partial charge in [0, 0.05) is 18.8 Å². The van der Waals surface area contributed by atoms with Gasteiger partial charge in [0.15, 0.2) is 0 Å². The van der Waals surface area contributed by atoms with E-state index in [1.54, 1.807) is 4.68 Å². The second-order valence-electron chi connectivity index (χ2n) is 4.40. The summed E-state index contributed by atoms with van der Waals surface area (Å²) in [4.78, 5) is 0.109. The van der Waals surface area contributed by atoms with Crippen LogP contribution in [0.5, 0.6) is 0 Å². The van der Waals surface area contributed by atoms with Gasteiger partial charge in [-0.05, 0) is 0 Å². The van der Waals surface area contributed by atoms with E-state index >= 15 is 0 Å². The van der Waals surface area contributed by atoms with Crippen molar-refractivity contribution in [3.05, 3.63) is 17.9 Å². The van der Waals surface area contributed by atoms with Crippen LogP contribution in [-0.4, -0.2) is 41.0 Å². The second-order valence-corrected chi connectivity index (χ2v) is 6.91. The lowest BCUT2D eigenvalue weighted by atomic mass is 10.4. The monoisotopic (exact) mass is 316 g/mol. The first kappa shape index (κ1) is 14.9. The predicted molar refractivity (Wildman–Crippen MR) is 76.1 cm³/mol. The highest BCUT2D eigenvalue weighted by Crippen LogP contribution is 2.15. The SMILES string of the molecule is CC(C)NCCn1cc(S(=O)(=O)Nc2nncs2)cn1. The van der Waals surface area contributed by atoms with E-state index in [1.165, 1.54) is 17.9 Å². The molecule has 0 atom stereocenters. The normalized spacial score (nSPS) is 11.9. The van der Waals surface area contributed by atoms with Crippen LogP contribution in [0.1, 0.15) is 13.8 Å². The lowest BCUT2D eigenvalue weighted by Gasteiger charge is -2.07. The molecule has 2 aromatic rings. The van der Waals surface area contributed by atoms with Crippen molar-refractivity contribution in [3.8, 4) is 0 Å². The van der Waals surface area contributed by atoms with Crippen LogP contribution >= 0.6 is 11.3 Å². The molecule has 0 aliphatic carbocycles. The molecular weight excluding hydrogens is 300 g/mol. The van der Waals surface area contributed by atoms with Crippen LogP contribution < -0.4 is 10.0 Å². The van der Waals surface area contributed by atoms with Gasteiger partial charge in [0.05, 0.1) is 12.7 Å². The minimum absolute atomic E-state index is 0.109. The first-order valence-electron chi connectivity index (χ1n) is 6.02. The van der Waals surface area contributed by atoms with E-state index in [0.717, 1.165) is 17.9 Å². The summed E-state index contributed by atoms with van der Waals surface area (Å²) in [6.45, 7) is 5.42. The van der Waals surface area contributed by atoms with Gasteiger partial charge in [-0.15, -0.1) is 10.2 Å². The van der Waals surface area contributed by atoms with Gasteiger partial charge in [0.2, 0.25) is 5.13 Å². The molecule has 0 bridgehead atoms. The standard InChI is InChI=1S/C10H16N6O2S2/c1-8(2)11-3-4-16-6-9(5-13-16)20(17,18)15-10-14-12-7-19-10/h5-8,11H,3-4H2,1-2H3,(H,14,15). The minimum atomic E-state index is -3.65. The van der Waals surface area contributed by atoms with E-state index in [1.807, 2.05) is 13.8 Å². The van der Waals surface area contributed by atoms with Crippen molar-refractivity contribution in [1.82, 2.24) is 25.3 Å². The molecule has 0 aliphatic heterocycles. The molecule has 20 heavy (non-hydrogen) atoms. The van der Waals surface area contributed by atoms with Crippen molar-refractivity contribution in [2.24, 2.45) is 0 Å². The van der Waals surface area contributed by atoms with Crippen molar-refractivity contribution in [3.63, 3.8) is 0 Å². The van der Waals surface area contributed by atoms with E-state index in [9.17, 15) is 8.42 Å². The highest BCUT2D eigenvalue weighted by molar-refractivity contribution is 7.93. The number of hydrogen-bond acceptors (Lipinski definition) is 7. The Morgan fingerprint density at radius 3 is 2.90 bits per heavy atom. The van der Waals surface area contributed by atoms with Gasteiger partial charge in [-0.25, -0.2) is 8.42 Å². The minimum Gasteiger partial charge on any atom is -0.313 e. The van der Waals surface area contributed by atoms with E-state index in [0.29, 0.717) is 12.6 Å². The summed E-state index contributed by atoms with van der Waals surface area (Å²) in [5.74, 6) is 0. The highest BCUT2D eigenvalue weighted by atomic mass is 32.2. The summed E-state index contributed by atoms with van der Waals surface area (Å²) in [5.41, 5.74) is 1.46. The third-order valence-electron chi connectivity index (χ3n) is 2.40. The Labute approximate surface area is 121 Å². The zero-order valence-electron chi connectivity index (χ0n) is 11.1. The molecule has 0 fully saturated rings. The average molecular weight is 316 g/mol. The maximum Gasteiger partial charge on any atom is 0.266 e. The van der Waals surface area contributed by atoms with Crippen LogP contribution in [-0.2, 0) is 16.6 Å². The Morgan fingerprint density at radius 2 is 2.25 bits per heavy atom. The van der Waals surface area contributed by atoms with Gasteiger partial charge in [0.25, 0.3) is 10.0 Å². The van der Waals surface area contributed by atoms with Crippen molar-refractivity contribution in [1.29, 1.82) is 0 Å². The number of hydrogen-bond donors (Lipinski definition) is 2. The van der Waals surface area contributed by atoms with Crippen molar-refractivity contribution in [2.45, 2.75) is 31.3 Å². The zero-order chi connectivity index (χ0) is 14.6. The first-order chi connectivity index (χ1) is 9.47. The molecule has 10 heteroatoms. The van der Waals surface area contributed by atoms with Crippen LogP contribution in [0.3, 0.4) is 0 Å². The number of nitrogens with zero attached hydrogens (tertiary/aromatic N) is 4. The highest BCUT2D eigenvalue weighted by Gasteiger charge is 2.18. The molecule has 0 unspecified atom stereocenters. The van der Waals surface area contributed by atoms with Crippen LogP contribution in [0.15, 0.2) is 22.8 Å². The second kappa shape index (κ2) is 6.29. The van der Waals surface area contributed by atoms with Crippen LogP contribution in [0.4, 0.5) is 5.13 Å². The summed E-state index contributed by atoms with van der Waals surface area (Å²) in [5, 5.41) is 14.7. The summed E-state index contributed by atoms with van der Waals surface area (Å²) in [6, 6.07) is 0.382. The summed E-state index contributed by atoms with van der Waals surface area (Å²) < 4.78 is 28.0. The van der Waals surface area contributed by atoms with Gasteiger partial charge < -0.3 is 5.32 Å². The van der Waals surface area contributed by atoms with Gasteiger partial charge in [-0.3, -0.25) is 9.40 Å². The summed E-state index contributed by atoms with van der Waals surface area (Å²) in [6.07, 6.45) is 2.81. The molecule has 2 rings (SSSR count). The molecular formula is C10H16N6O2S2. The molecule has 0 saturated heterocycles. The Kier molecular flexibility index (Phi) is 4.68. The van der Waals surface area contributed by atoms with Gasteiger partial charge in [-0.1, -0.05) is 25.2 Å². The number of aromatic nitrogens is 4. The van der Waals surface area contributed by atoms with Crippen molar-refractivity contribution in [2.75, 3.05) is 11.3 Å². The molecule has 0 amide bonds. The number of anilines is 1. The van der Waals surface area contributed by atoms with Crippen LogP contribution in [0.2, 0.25) is 0 Å². The lowest BCUT2D eigenvalue weighted by molar-refractivity contribution is 0.515. The Balaban J connectivity index is 2.00. The number of sulfonamides is 1. The van der Waals surface area contributed by atoms with Gasteiger partial charge in [0.1, 0.15) is 10.4 Å². The summed E-state index contributed by atoms with van der Waals surface area (Å²) >= 11 is 1.12. The topological polar surface area (TPSA) is 102 Å². The molecule has 0 radical (unpaired) electrons. The molecule has 2 N–H and O–H groups in total. The molecule has 0 aromatic carbocycles. The Morgan fingerprint density at radius 1 is 1.45 bits per heavy atom. The van der Waals surface area contributed by atoms with Crippen LogP contribution in [0, 0.1) is 0 Å². The summed E-state index contributed by atoms with van der Waals surface area (Å²) in [7, 11) is -3.65. The van der Waals surface area contributed by atoms with Gasteiger partial charge in [-0.2, -0.15) is 5.10 Å². The smallest absolute Gasteiger partial charge is 0.266 e. The molecule has 0 aliphatic rings. The molecule has 0 spiro atoms. The van der Waals surface area contributed by atoms with E-state index < -0.39 is 10.0 Å². The fraction of sp³-hybridized carbons (Fsp3) is 0.500. The molecule has 110 valence electrons. The van der Waals surface area contributed by atoms with E-state index in [-0.39, 0.29) is 10.0 Å². The van der Waals surface area contributed by atoms with E-state index in [2.05, 4.69) is 25.3 Å². The molecule has 8 nitrogen and oxygen atoms in total. The third kappa shape index (κ3) is 3.99. The van der Waals surface area contributed by atoms with E-state index in [4.69, 9.17) is 0 Å². The first-order valence-corrected chi connectivity index (χ1v) is 8.38. The van der Waals surface area contributed by atoms with Crippen molar-refractivity contribution >= 4 is 26.5 Å². The fourth-order valence-electron chi connectivity index (χ4n) is 1.46. The lowest BCUT2D eigenvalue weighted by Crippen LogP contribution is -2.26. The maximum absolute atomic E-state index is 12.1. The predicted octanol–water partition coefficient (Wildman–Crippen LogP) is 0.533. The van der Waals surface area contributed by atoms with Crippen LogP contribution in [0.25, 0.3) is 0 Å². The zero-order valence-corrected chi connectivity index (χ0v) is 12.8. The van der Waals surface area contributed by atoms with Crippen molar-refractivity contribution < 1.29 is 8.42 Å². The Bertz CT molecular complexity index is 635. The molecule has 2 heterocycles. The average Bonchev–Trinajstić information content (AvgIpc) is 2.99. The molecule has 0 saturated carbocycles. The maximum atomic E-state index is 12.1. The Hall–Kier alpha value is -1.52. The largest absolute Gasteiger partial charge is 0.313 e. The third-order valence-corrected chi connectivity index (χ3v) is 4.42. The number of rotatable bonds is 7. The fourth-order valence-corrected chi connectivity index (χ4v) is 3.11. The quantitative estimate of drug-likeness (QED) is 0.773. The molecule has 2 aromatic heterocycles.